The van der Waals surface area contributed by atoms with Gasteiger partial charge in [0.15, 0.2) is 13.2 Å². The van der Waals surface area contributed by atoms with Crippen molar-refractivity contribution in [1.29, 1.82) is 0 Å². The maximum absolute atomic E-state index is 12.1. The second-order valence-electron chi connectivity index (χ2n) is 9.16. The molecule has 0 spiro atoms. The maximum Gasteiger partial charge on any atom is 0.275 e. The maximum atomic E-state index is 12.1. The Morgan fingerprint density at radius 3 is 2.43 bits per heavy atom. The molecule has 0 radical (unpaired) electrons. The van der Waals surface area contributed by atoms with E-state index in [4.69, 9.17) is 17.3 Å². The van der Waals surface area contributed by atoms with Gasteiger partial charge in [0.25, 0.3) is 5.91 Å². The Kier molecular flexibility index (Phi) is 5.71. The molecule has 1 aromatic carbocycles. The zero-order chi connectivity index (χ0) is 20.5. The monoisotopic (exact) mass is 428 g/mol. The molecule has 0 unspecified atom stereocenters. The van der Waals surface area contributed by atoms with Crippen LogP contribution < -0.4 is 15.1 Å². The third-order valence-electron chi connectivity index (χ3n) is 6.47. The van der Waals surface area contributed by atoms with E-state index < -0.39 is 0 Å². The largest absolute Gasteiger partial charge is 0.348 e. The number of nitrogens with zero attached hydrogens (tertiary/aromatic N) is 3. The zero-order valence-corrected chi connectivity index (χ0v) is 18.3. The van der Waals surface area contributed by atoms with Crippen LogP contribution in [0.4, 0.5) is 0 Å². The molecule has 0 bridgehead atoms. The highest BCUT2D eigenvalue weighted by atomic mass is 32.1. The van der Waals surface area contributed by atoms with Crippen LogP contribution in [0.5, 0.6) is 0 Å². The summed E-state index contributed by atoms with van der Waals surface area (Å²) < 4.78 is 5.13. The first-order valence-corrected chi connectivity index (χ1v) is 11.7. The van der Waals surface area contributed by atoms with E-state index in [2.05, 4.69) is 40.2 Å². The molecule has 3 fully saturated rings. The van der Waals surface area contributed by atoms with Crippen molar-refractivity contribution in [2.75, 3.05) is 32.7 Å². The molecule has 3 aliphatic rings. The van der Waals surface area contributed by atoms with Crippen molar-refractivity contribution in [3.05, 3.63) is 46.5 Å². The highest BCUT2D eigenvalue weighted by molar-refractivity contribution is 7.71. The summed E-state index contributed by atoms with van der Waals surface area (Å²) in [5.74, 6) is 1.94. The minimum Gasteiger partial charge on any atom is -0.348 e. The standard InChI is InChI=1S/C22H30N6OS/c29-20(23-19-8-9-19)15-25-10-12-26(13-11-25)16-28-22(30)27(21(24-28)18-6-7-18)14-17-4-2-1-3-5-17/h1-5,18-19H,6-16H2,(H,23,29)/p+2. The molecule has 7 nitrogen and oxygen atoms in total. The van der Waals surface area contributed by atoms with Gasteiger partial charge in [-0.25, -0.2) is 0 Å². The molecule has 1 amide bonds. The van der Waals surface area contributed by atoms with E-state index in [0.29, 0.717) is 18.5 Å². The first-order chi connectivity index (χ1) is 14.7. The molecule has 2 aliphatic carbocycles. The molecule has 1 aromatic heterocycles. The van der Waals surface area contributed by atoms with Crippen molar-refractivity contribution in [3.63, 3.8) is 0 Å². The van der Waals surface area contributed by atoms with Crippen LogP contribution in [-0.4, -0.2) is 59.0 Å². The fourth-order valence-electron chi connectivity index (χ4n) is 4.36. The van der Waals surface area contributed by atoms with E-state index in [9.17, 15) is 4.79 Å². The SMILES string of the molecule is O=C(C[NH+]1CC[NH+](Cn2nc(C3CC3)n(Cc3ccccc3)c2=S)CC1)NC1CC1. The lowest BCUT2D eigenvalue weighted by Gasteiger charge is -2.29. The molecule has 1 aliphatic heterocycles. The Labute approximate surface area is 182 Å². The third-order valence-corrected chi connectivity index (χ3v) is 6.90. The Morgan fingerprint density at radius 1 is 1.07 bits per heavy atom. The lowest BCUT2D eigenvalue weighted by atomic mass is 10.2. The Balaban J connectivity index is 1.20. The smallest absolute Gasteiger partial charge is 0.275 e. The van der Waals surface area contributed by atoms with Crippen LogP contribution in [0.1, 0.15) is 43.0 Å². The van der Waals surface area contributed by atoms with E-state index in [0.717, 1.165) is 62.8 Å². The van der Waals surface area contributed by atoms with Gasteiger partial charge >= 0.3 is 0 Å². The highest BCUT2D eigenvalue weighted by Crippen LogP contribution is 2.39. The predicted molar refractivity (Wildman–Crippen MR) is 116 cm³/mol. The van der Waals surface area contributed by atoms with Crippen LogP contribution in [0, 0.1) is 4.77 Å². The van der Waals surface area contributed by atoms with Crippen LogP contribution in [0.25, 0.3) is 0 Å². The molecular weight excluding hydrogens is 396 g/mol. The number of carbonyl (C=O) groups is 1. The number of quaternary nitrogens is 2. The van der Waals surface area contributed by atoms with Crippen molar-refractivity contribution in [2.45, 2.75) is 50.9 Å². The summed E-state index contributed by atoms with van der Waals surface area (Å²) in [6.07, 6.45) is 4.75. The summed E-state index contributed by atoms with van der Waals surface area (Å²) in [5.41, 5.74) is 1.27. The van der Waals surface area contributed by atoms with Crippen molar-refractivity contribution in [3.8, 4) is 0 Å². The van der Waals surface area contributed by atoms with Gasteiger partial charge in [0, 0.05) is 12.0 Å². The van der Waals surface area contributed by atoms with Crippen LogP contribution in [-0.2, 0) is 18.0 Å². The van der Waals surface area contributed by atoms with Gasteiger partial charge in [0.1, 0.15) is 32.0 Å². The summed E-state index contributed by atoms with van der Waals surface area (Å²) in [6, 6.07) is 11.0. The number of piperazine rings is 1. The van der Waals surface area contributed by atoms with Crippen LogP contribution in [0.15, 0.2) is 30.3 Å². The highest BCUT2D eigenvalue weighted by Gasteiger charge is 2.32. The molecule has 30 heavy (non-hydrogen) atoms. The number of aromatic nitrogens is 3. The van der Waals surface area contributed by atoms with E-state index >= 15 is 0 Å². The minimum absolute atomic E-state index is 0.215. The zero-order valence-electron chi connectivity index (χ0n) is 17.5. The average Bonchev–Trinajstić information content (AvgIpc) is 3.67. The molecule has 160 valence electrons. The number of benzene rings is 1. The summed E-state index contributed by atoms with van der Waals surface area (Å²) >= 11 is 5.85. The van der Waals surface area contributed by atoms with Gasteiger partial charge in [0.05, 0.1) is 6.54 Å². The van der Waals surface area contributed by atoms with Crippen molar-refractivity contribution in [2.24, 2.45) is 0 Å². The number of hydrogen-bond donors (Lipinski definition) is 3. The molecule has 2 aromatic rings. The number of nitrogens with one attached hydrogen (secondary N) is 3. The average molecular weight is 429 g/mol. The predicted octanol–water partition coefficient (Wildman–Crippen LogP) is -0.641. The normalized spacial score (nSPS) is 24.0. The minimum atomic E-state index is 0.215. The molecule has 5 rings (SSSR count). The second kappa shape index (κ2) is 8.61. The van der Waals surface area contributed by atoms with Gasteiger partial charge in [-0.05, 0) is 43.5 Å². The van der Waals surface area contributed by atoms with Gasteiger partial charge in [-0.1, -0.05) is 30.3 Å². The molecule has 1 saturated heterocycles. The summed E-state index contributed by atoms with van der Waals surface area (Å²) in [7, 11) is 0. The lowest BCUT2D eigenvalue weighted by molar-refractivity contribution is -1.02. The van der Waals surface area contributed by atoms with E-state index in [1.165, 1.54) is 28.2 Å². The van der Waals surface area contributed by atoms with Crippen LogP contribution >= 0.6 is 12.2 Å². The first kappa shape index (κ1) is 19.9. The summed E-state index contributed by atoms with van der Waals surface area (Å²) in [5, 5.41) is 8.06. The van der Waals surface area contributed by atoms with Crippen LogP contribution in [0.2, 0.25) is 0 Å². The molecule has 2 heterocycles. The van der Waals surface area contributed by atoms with E-state index in [-0.39, 0.29) is 5.91 Å². The Hall–Kier alpha value is -2.03. The van der Waals surface area contributed by atoms with Gasteiger partial charge in [-0.3, -0.25) is 9.36 Å². The second-order valence-corrected chi connectivity index (χ2v) is 9.53. The molecule has 3 N–H and O–H groups in total. The Morgan fingerprint density at radius 2 is 1.77 bits per heavy atom. The number of hydrogen-bond acceptors (Lipinski definition) is 3. The van der Waals surface area contributed by atoms with Gasteiger partial charge in [0.2, 0.25) is 4.77 Å². The van der Waals surface area contributed by atoms with Gasteiger partial charge in [-0.2, -0.15) is 9.78 Å². The Bertz CT molecular complexity index is 938. The molecular formula is C22H32N6OS+2. The molecule has 2 saturated carbocycles. The quantitative estimate of drug-likeness (QED) is 0.490. The number of carbonyl (C=O) groups excluding carboxylic acids is 1. The third kappa shape index (κ3) is 4.82. The van der Waals surface area contributed by atoms with Crippen molar-refractivity contribution >= 4 is 18.1 Å². The summed E-state index contributed by atoms with van der Waals surface area (Å²) in [4.78, 5) is 15.0. The molecule has 0 atom stereocenters. The van der Waals surface area contributed by atoms with Crippen molar-refractivity contribution in [1.82, 2.24) is 19.7 Å². The number of rotatable bonds is 8. The van der Waals surface area contributed by atoms with E-state index in [1.807, 2.05) is 4.68 Å². The first-order valence-electron chi connectivity index (χ1n) is 11.3. The fourth-order valence-corrected chi connectivity index (χ4v) is 4.62. The van der Waals surface area contributed by atoms with Crippen molar-refractivity contribution < 1.29 is 14.6 Å². The fraction of sp³-hybridized carbons (Fsp3) is 0.591. The van der Waals surface area contributed by atoms with Gasteiger partial charge < -0.3 is 15.1 Å². The lowest BCUT2D eigenvalue weighted by Crippen LogP contribution is -3.28. The van der Waals surface area contributed by atoms with Gasteiger partial charge in [-0.15, -0.1) is 0 Å². The molecule has 8 heteroatoms. The summed E-state index contributed by atoms with van der Waals surface area (Å²) in [6.45, 7) is 6.40. The topological polar surface area (TPSA) is 60.7 Å². The van der Waals surface area contributed by atoms with E-state index in [1.54, 1.807) is 0 Å². The van der Waals surface area contributed by atoms with Crippen LogP contribution in [0.3, 0.4) is 0 Å². The number of amides is 1.